The first kappa shape index (κ1) is 13.5. The van der Waals surface area contributed by atoms with Gasteiger partial charge >= 0.3 is 5.97 Å². The molecule has 2 rings (SSSR count). The van der Waals surface area contributed by atoms with Gasteiger partial charge in [0.1, 0.15) is 11.4 Å². The van der Waals surface area contributed by atoms with Crippen LogP contribution < -0.4 is 5.43 Å². The third kappa shape index (κ3) is 2.33. The standard InChI is InChI=1S/C13H11ClFNO3/c1-3-19-13(18)8-6-16(2)11-5-9(14)10(15)4-7(11)12(8)17/h4-6H,3H2,1-2H3. The van der Waals surface area contributed by atoms with Gasteiger partial charge in [-0.1, -0.05) is 11.6 Å². The van der Waals surface area contributed by atoms with Crippen molar-refractivity contribution in [3.63, 3.8) is 0 Å². The molecule has 0 aliphatic heterocycles. The highest BCUT2D eigenvalue weighted by molar-refractivity contribution is 6.31. The summed E-state index contributed by atoms with van der Waals surface area (Å²) in [4.78, 5) is 23.8. The van der Waals surface area contributed by atoms with Crippen molar-refractivity contribution in [2.75, 3.05) is 6.61 Å². The highest BCUT2D eigenvalue weighted by atomic mass is 35.5. The molecule has 0 bridgehead atoms. The van der Waals surface area contributed by atoms with Crippen LogP contribution in [-0.4, -0.2) is 17.1 Å². The van der Waals surface area contributed by atoms with E-state index in [1.807, 2.05) is 0 Å². The first-order chi connectivity index (χ1) is 8.95. The lowest BCUT2D eigenvalue weighted by molar-refractivity contribution is 0.0524. The Kier molecular flexibility index (Phi) is 3.57. The summed E-state index contributed by atoms with van der Waals surface area (Å²) in [5, 5.41) is 0.0151. The van der Waals surface area contributed by atoms with Crippen LogP contribution in [0.3, 0.4) is 0 Å². The molecule has 19 heavy (non-hydrogen) atoms. The van der Waals surface area contributed by atoms with Crippen LogP contribution in [0.5, 0.6) is 0 Å². The number of esters is 1. The van der Waals surface area contributed by atoms with Crippen molar-refractivity contribution in [1.29, 1.82) is 0 Å². The van der Waals surface area contributed by atoms with Gasteiger partial charge in [0, 0.05) is 18.6 Å². The molecule has 0 saturated carbocycles. The fraction of sp³-hybridized carbons (Fsp3) is 0.231. The molecule has 0 amide bonds. The predicted octanol–water partition coefficient (Wildman–Crippen LogP) is 2.51. The van der Waals surface area contributed by atoms with Crippen LogP contribution in [0.15, 0.2) is 23.1 Å². The van der Waals surface area contributed by atoms with Crippen molar-refractivity contribution >= 4 is 28.5 Å². The summed E-state index contributed by atoms with van der Waals surface area (Å²) in [6, 6.07) is 2.38. The Morgan fingerprint density at radius 2 is 2.16 bits per heavy atom. The molecule has 2 aromatic rings. The van der Waals surface area contributed by atoms with E-state index in [0.29, 0.717) is 5.52 Å². The zero-order valence-corrected chi connectivity index (χ0v) is 11.1. The van der Waals surface area contributed by atoms with Gasteiger partial charge in [0.2, 0.25) is 5.43 Å². The van der Waals surface area contributed by atoms with Gasteiger partial charge in [0.15, 0.2) is 0 Å². The minimum absolute atomic E-state index is 0.0774. The molecule has 1 aromatic carbocycles. The van der Waals surface area contributed by atoms with E-state index in [0.717, 1.165) is 6.07 Å². The van der Waals surface area contributed by atoms with E-state index < -0.39 is 17.2 Å². The van der Waals surface area contributed by atoms with Gasteiger partial charge in [-0.05, 0) is 19.1 Å². The van der Waals surface area contributed by atoms with Crippen LogP contribution in [0.25, 0.3) is 10.9 Å². The fourth-order valence-corrected chi connectivity index (χ4v) is 1.99. The van der Waals surface area contributed by atoms with Crippen molar-refractivity contribution in [3.05, 3.63) is 45.0 Å². The average Bonchev–Trinajstić information content (AvgIpc) is 2.36. The maximum atomic E-state index is 13.4. The number of ether oxygens (including phenoxy) is 1. The minimum Gasteiger partial charge on any atom is -0.462 e. The smallest absolute Gasteiger partial charge is 0.343 e. The Hall–Kier alpha value is -1.88. The first-order valence-electron chi connectivity index (χ1n) is 5.61. The summed E-state index contributed by atoms with van der Waals surface area (Å²) in [6.45, 7) is 1.80. The topological polar surface area (TPSA) is 48.3 Å². The predicted molar refractivity (Wildman–Crippen MR) is 70.1 cm³/mol. The zero-order valence-electron chi connectivity index (χ0n) is 10.4. The number of carbonyl (C=O) groups is 1. The van der Waals surface area contributed by atoms with Crippen LogP contribution in [0, 0.1) is 5.82 Å². The Balaban J connectivity index is 2.78. The number of halogens is 2. The molecule has 4 nitrogen and oxygen atoms in total. The number of fused-ring (bicyclic) bond motifs is 1. The van der Waals surface area contributed by atoms with E-state index in [-0.39, 0.29) is 22.6 Å². The van der Waals surface area contributed by atoms with E-state index in [1.165, 1.54) is 16.8 Å². The monoisotopic (exact) mass is 283 g/mol. The number of aryl methyl sites for hydroxylation is 1. The van der Waals surface area contributed by atoms with E-state index in [2.05, 4.69) is 0 Å². The molecule has 0 aliphatic carbocycles. The summed E-state index contributed by atoms with van der Waals surface area (Å²) in [6.07, 6.45) is 1.36. The molecule has 0 radical (unpaired) electrons. The van der Waals surface area contributed by atoms with Gasteiger partial charge < -0.3 is 9.30 Å². The Morgan fingerprint density at radius 1 is 1.47 bits per heavy atom. The van der Waals surface area contributed by atoms with E-state index in [1.54, 1.807) is 14.0 Å². The summed E-state index contributed by atoms with van der Waals surface area (Å²) >= 11 is 5.68. The van der Waals surface area contributed by atoms with E-state index >= 15 is 0 Å². The van der Waals surface area contributed by atoms with Crippen LogP contribution in [-0.2, 0) is 11.8 Å². The highest BCUT2D eigenvalue weighted by Gasteiger charge is 2.16. The maximum absolute atomic E-state index is 13.4. The molecule has 1 heterocycles. The molecule has 0 atom stereocenters. The van der Waals surface area contributed by atoms with Gasteiger partial charge in [-0.3, -0.25) is 4.79 Å². The lowest BCUT2D eigenvalue weighted by atomic mass is 10.1. The highest BCUT2D eigenvalue weighted by Crippen LogP contribution is 2.21. The molecular formula is C13H11ClFNO3. The second-order valence-electron chi connectivity index (χ2n) is 3.99. The number of hydrogen-bond donors (Lipinski definition) is 0. The first-order valence-corrected chi connectivity index (χ1v) is 5.99. The molecule has 0 unspecified atom stereocenters. The Bertz CT molecular complexity index is 724. The summed E-state index contributed by atoms with van der Waals surface area (Å²) < 4.78 is 19.8. The van der Waals surface area contributed by atoms with Crippen LogP contribution in [0.2, 0.25) is 5.02 Å². The van der Waals surface area contributed by atoms with E-state index in [9.17, 15) is 14.0 Å². The summed E-state index contributed by atoms with van der Waals surface area (Å²) in [7, 11) is 1.64. The average molecular weight is 284 g/mol. The normalized spacial score (nSPS) is 10.7. The molecular weight excluding hydrogens is 273 g/mol. The van der Waals surface area contributed by atoms with Crippen molar-refractivity contribution in [2.24, 2.45) is 7.05 Å². The number of rotatable bonds is 2. The van der Waals surface area contributed by atoms with Crippen molar-refractivity contribution in [3.8, 4) is 0 Å². The lowest BCUT2D eigenvalue weighted by Gasteiger charge is -2.09. The molecule has 0 N–H and O–H groups in total. The number of nitrogens with zero attached hydrogens (tertiary/aromatic N) is 1. The van der Waals surface area contributed by atoms with Gasteiger partial charge in [-0.15, -0.1) is 0 Å². The van der Waals surface area contributed by atoms with Crippen molar-refractivity contribution in [2.45, 2.75) is 6.92 Å². The number of hydrogen-bond acceptors (Lipinski definition) is 3. The third-order valence-corrected chi connectivity index (χ3v) is 3.02. The second kappa shape index (κ2) is 5.01. The second-order valence-corrected chi connectivity index (χ2v) is 4.39. The molecule has 6 heteroatoms. The summed E-state index contributed by atoms with van der Waals surface area (Å²) in [5.41, 5.74) is -0.245. The van der Waals surface area contributed by atoms with Gasteiger partial charge in [0.25, 0.3) is 0 Å². The van der Waals surface area contributed by atoms with Crippen LogP contribution in [0.4, 0.5) is 4.39 Å². The molecule has 0 aliphatic rings. The zero-order chi connectivity index (χ0) is 14.2. The quantitative estimate of drug-likeness (QED) is 0.796. The van der Waals surface area contributed by atoms with Crippen molar-refractivity contribution < 1.29 is 13.9 Å². The molecule has 0 saturated heterocycles. The van der Waals surface area contributed by atoms with Crippen molar-refractivity contribution in [1.82, 2.24) is 4.57 Å². The molecule has 0 spiro atoms. The third-order valence-electron chi connectivity index (χ3n) is 2.73. The molecule has 0 fully saturated rings. The van der Waals surface area contributed by atoms with Gasteiger partial charge in [-0.25, -0.2) is 9.18 Å². The van der Waals surface area contributed by atoms with Gasteiger partial charge in [-0.2, -0.15) is 0 Å². The maximum Gasteiger partial charge on any atom is 0.343 e. The number of pyridine rings is 1. The van der Waals surface area contributed by atoms with Gasteiger partial charge in [0.05, 0.1) is 17.1 Å². The largest absolute Gasteiger partial charge is 0.462 e. The SMILES string of the molecule is CCOC(=O)c1cn(C)c2cc(Cl)c(F)cc2c1=O. The number of aromatic nitrogens is 1. The van der Waals surface area contributed by atoms with Crippen LogP contribution >= 0.6 is 11.6 Å². The Labute approximate surface area is 113 Å². The van der Waals surface area contributed by atoms with Crippen LogP contribution in [0.1, 0.15) is 17.3 Å². The fourth-order valence-electron chi connectivity index (χ4n) is 1.83. The lowest BCUT2D eigenvalue weighted by Crippen LogP contribution is -2.20. The summed E-state index contributed by atoms with van der Waals surface area (Å²) in [5.74, 6) is -1.42. The van der Waals surface area contributed by atoms with E-state index in [4.69, 9.17) is 16.3 Å². The minimum atomic E-state index is -0.722. The number of benzene rings is 1. The Morgan fingerprint density at radius 3 is 2.79 bits per heavy atom. The molecule has 1 aromatic heterocycles. The number of carbonyl (C=O) groups excluding carboxylic acids is 1. The molecule has 100 valence electrons.